The molecule has 0 amide bonds. The number of halogens is 1. The monoisotopic (exact) mass is 337 g/mol. The van der Waals surface area contributed by atoms with Gasteiger partial charge in [0.2, 0.25) is 0 Å². The lowest BCUT2D eigenvalue weighted by Crippen LogP contribution is -2.05. The predicted octanol–water partition coefficient (Wildman–Crippen LogP) is 4.52. The normalized spacial score (nSPS) is 16.1. The summed E-state index contributed by atoms with van der Waals surface area (Å²) in [5.74, 6) is 1.86. The number of nitrogens with two attached hydrogens (primary N) is 1. The van der Waals surface area contributed by atoms with Crippen LogP contribution in [0, 0.1) is 6.92 Å². The molecule has 1 fully saturated rings. The Bertz CT molecular complexity index is 603. The highest BCUT2D eigenvalue weighted by Gasteiger charge is 2.24. The molecule has 100 valence electrons. The van der Waals surface area contributed by atoms with E-state index < -0.39 is 0 Å². The van der Waals surface area contributed by atoms with Crippen LogP contribution in [0.4, 0.5) is 5.82 Å². The van der Waals surface area contributed by atoms with Crippen molar-refractivity contribution in [2.45, 2.75) is 38.5 Å². The Balaban J connectivity index is 2.10. The van der Waals surface area contributed by atoms with E-state index >= 15 is 0 Å². The number of nitrogens with zero attached hydrogens (tertiary/aromatic N) is 2. The van der Waals surface area contributed by atoms with Gasteiger partial charge in [-0.2, -0.15) is 0 Å². The molecule has 0 spiro atoms. The third kappa shape index (κ3) is 2.41. The highest BCUT2D eigenvalue weighted by molar-refractivity contribution is 9.10. The Kier molecular flexibility index (Phi) is 3.58. The molecule has 1 aliphatic rings. The largest absolute Gasteiger partial charge is 0.383 e. The van der Waals surface area contributed by atoms with E-state index in [1.807, 2.05) is 0 Å². The number of rotatable bonds is 2. The molecule has 0 bridgehead atoms. The first-order valence-electron chi connectivity index (χ1n) is 6.54. The van der Waals surface area contributed by atoms with Crippen molar-refractivity contribution in [3.63, 3.8) is 0 Å². The molecule has 2 heterocycles. The van der Waals surface area contributed by atoms with Gasteiger partial charge in [-0.3, -0.25) is 0 Å². The van der Waals surface area contributed by atoms with Gasteiger partial charge in [-0.25, -0.2) is 9.97 Å². The van der Waals surface area contributed by atoms with E-state index in [-0.39, 0.29) is 0 Å². The van der Waals surface area contributed by atoms with Crippen molar-refractivity contribution >= 4 is 33.1 Å². The van der Waals surface area contributed by atoms with Crippen molar-refractivity contribution in [1.82, 2.24) is 9.97 Å². The predicted molar refractivity (Wildman–Crippen MR) is 83.4 cm³/mol. The first kappa shape index (κ1) is 13.1. The summed E-state index contributed by atoms with van der Waals surface area (Å²) in [6.45, 7) is 2.09. The fourth-order valence-corrected chi connectivity index (χ4v) is 4.02. The van der Waals surface area contributed by atoms with Gasteiger partial charge in [0.1, 0.15) is 5.82 Å². The number of aromatic nitrogens is 2. The van der Waals surface area contributed by atoms with Crippen molar-refractivity contribution in [3.05, 3.63) is 27.2 Å². The number of anilines is 1. The Morgan fingerprint density at radius 1 is 1.32 bits per heavy atom. The molecule has 3 rings (SSSR count). The van der Waals surface area contributed by atoms with E-state index in [1.54, 1.807) is 11.3 Å². The molecule has 0 atom stereocenters. The van der Waals surface area contributed by atoms with Crippen LogP contribution in [0.2, 0.25) is 0 Å². The lowest BCUT2D eigenvalue weighted by Gasteiger charge is -2.13. The molecule has 0 radical (unpaired) electrons. The first-order valence-corrected chi connectivity index (χ1v) is 8.21. The summed E-state index contributed by atoms with van der Waals surface area (Å²) in [4.78, 5) is 10.4. The molecule has 1 saturated carbocycles. The smallest absolute Gasteiger partial charge is 0.172 e. The maximum Gasteiger partial charge on any atom is 0.172 e. The van der Waals surface area contributed by atoms with Gasteiger partial charge in [-0.05, 0) is 52.7 Å². The minimum absolute atomic E-state index is 0.527. The van der Waals surface area contributed by atoms with Crippen LogP contribution >= 0.6 is 27.3 Å². The summed E-state index contributed by atoms with van der Waals surface area (Å²) in [6, 6.07) is 2.09. The maximum atomic E-state index is 6.05. The summed E-state index contributed by atoms with van der Waals surface area (Å²) in [5.41, 5.74) is 8.35. The van der Waals surface area contributed by atoms with E-state index in [4.69, 9.17) is 10.7 Å². The number of hydrogen-bond acceptors (Lipinski definition) is 4. The summed E-state index contributed by atoms with van der Waals surface area (Å²) < 4.78 is 0.886. The second-order valence-corrected chi connectivity index (χ2v) is 6.75. The molecule has 3 nitrogen and oxygen atoms in total. The van der Waals surface area contributed by atoms with Gasteiger partial charge in [-0.15, -0.1) is 11.3 Å². The van der Waals surface area contributed by atoms with Crippen molar-refractivity contribution in [3.8, 4) is 10.7 Å². The van der Waals surface area contributed by atoms with Gasteiger partial charge < -0.3 is 5.73 Å². The lowest BCUT2D eigenvalue weighted by atomic mass is 10.0. The number of aryl methyl sites for hydroxylation is 1. The molecule has 2 aromatic rings. The zero-order valence-corrected chi connectivity index (χ0v) is 13.2. The molecule has 0 aromatic carbocycles. The molecule has 0 saturated heterocycles. The van der Waals surface area contributed by atoms with Crippen molar-refractivity contribution in [2.24, 2.45) is 0 Å². The van der Waals surface area contributed by atoms with Crippen LogP contribution in [-0.4, -0.2) is 9.97 Å². The van der Waals surface area contributed by atoms with Gasteiger partial charge in [0.05, 0.1) is 15.0 Å². The molecule has 0 unspecified atom stereocenters. The molecule has 19 heavy (non-hydrogen) atoms. The number of nitrogen functional groups attached to an aromatic ring is 1. The van der Waals surface area contributed by atoms with Crippen LogP contribution in [0.25, 0.3) is 10.7 Å². The Morgan fingerprint density at radius 3 is 2.68 bits per heavy atom. The van der Waals surface area contributed by atoms with E-state index in [2.05, 4.69) is 39.3 Å². The van der Waals surface area contributed by atoms with E-state index in [0.29, 0.717) is 11.7 Å². The lowest BCUT2D eigenvalue weighted by molar-refractivity contribution is 0.692. The van der Waals surface area contributed by atoms with Gasteiger partial charge >= 0.3 is 0 Å². The number of thiophene rings is 1. The molecule has 2 N–H and O–H groups in total. The van der Waals surface area contributed by atoms with E-state index in [1.165, 1.54) is 31.2 Å². The molecule has 5 heteroatoms. The topological polar surface area (TPSA) is 51.8 Å². The average Bonchev–Trinajstić information content (AvgIpc) is 3.03. The van der Waals surface area contributed by atoms with Crippen LogP contribution in [0.3, 0.4) is 0 Å². The molecule has 2 aromatic heterocycles. The number of hydrogen-bond donors (Lipinski definition) is 1. The fourth-order valence-electron chi connectivity index (χ4n) is 2.66. The molecular weight excluding hydrogens is 322 g/mol. The summed E-state index contributed by atoms with van der Waals surface area (Å²) in [6.07, 6.45) is 4.98. The van der Waals surface area contributed by atoms with Crippen LogP contribution in [-0.2, 0) is 0 Å². The fraction of sp³-hybridized carbons (Fsp3) is 0.429. The van der Waals surface area contributed by atoms with Gasteiger partial charge in [0.15, 0.2) is 5.82 Å². The third-order valence-corrected chi connectivity index (χ3v) is 5.53. The van der Waals surface area contributed by atoms with Crippen LogP contribution in [0.15, 0.2) is 15.9 Å². The second kappa shape index (κ2) is 5.21. The van der Waals surface area contributed by atoms with Crippen molar-refractivity contribution < 1.29 is 0 Å². The van der Waals surface area contributed by atoms with Gasteiger partial charge in [-0.1, -0.05) is 12.8 Å². The van der Waals surface area contributed by atoms with E-state index in [0.717, 1.165) is 20.9 Å². The third-order valence-electron chi connectivity index (χ3n) is 3.71. The van der Waals surface area contributed by atoms with Crippen LogP contribution in [0.1, 0.15) is 42.9 Å². The maximum absolute atomic E-state index is 6.05. The first-order chi connectivity index (χ1) is 9.16. The summed E-state index contributed by atoms with van der Waals surface area (Å²) in [5, 5.41) is 2.07. The highest BCUT2D eigenvalue weighted by Crippen LogP contribution is 2.39. The van der Waals surface area contributed by atoms with Crippen molar-refractivity contribution in [1.29, 1.82) is 0 Å². The Labute approximate surface area is 125 Å². The van der Waals surface area contributed by atoms with Crippen LogP contribution < -0.4 is 5.73 Å². The SMILES string of the molecule is Cc1ccsc1-c1nc(N)c(Br)c(C2CCCC2)n1. The second-order valence-electron chi connectivity index (χ2n) is 5.05. The van der Waals surface area contributed by atoms with Gasteiger partial charge in [0, 0.05) is 5.92 Å². The molecule has 0 aliphatic heterocycles. The van der Waals surface area contributed by atoms with E-state index in [9.17, 15) is 0 Å². The van der Waals surface area contributed by atoms with Crippen LogP contribution in [0.5, 0.6) is 0 Å². The minimum atomic E-state index is 0.527. The zero-order chi connectivity index (χ0) is 13.4. The molecular formula is C14H16BrN3S. The summed E-state index contributed by atoms with van der Waals surface area (Å²) >= 11 is 5.23. The highest BCUT2D eigenvalue weighted by atomic mass is 79.9. The Morgan fingerprint density at radius 2 is 2.05 bits per heavy atom. The minimum Gasteiger partial charge on any atom is -0.383 e. The standard InChI is InChI=1S/C14H16BrN3S/c1-8-6-7-19-12(8)14-17-11(9-4-2-3-5-9)10(15)13(16)18-14/h6-7,9H,2-5H2,1H3,(H2,16,17,18). The molecule has 1 aliphatic carbocycles. The Hall–Kier alpha value is -0.940. The quantitative estimate of drug-likeness (QED) is 0.876. The van der Waals surface area contributed by atoms with Gasteiger partial charge in [0.25, 0.3) is 0 Å². The average molecular weight is 338 g/mol. The summed E-state index contributed by atoms with van der Waals surface area (Å²) in [7, 11) is 0. The zero-order valence-electron chi connectivity index (χ0n) is 10.8. The van der Waals surface area contributed by atoms with Crippen molar-refractivity contribution in [2.75, 3.05) is 5.73 Å².